The zero-order valence-electron chi connectivity index (χ0n) is 25.9. The lowest BCUT2D eigenvalue weighted by Crippen LogP contribution is -2.43. The Labute approximate surface area is 276 Å². The van der Waals surface area contributed by atoms with Crippen molar-refractivity contribution in [1.82, 2.24) is 30.0 Å². The molecule has 254 valence electrons. The van der Waals surface area contributed by atoms with Crippen molar-refractivity contribution >= 4 is 40.0 Å². The number of alkyl halides is 4. The summed E-state index contributed by atoms with van der Waals surface area (Å²) in [6.07, 6.45) is -2.67. The van der Waals surface area contributed by atoms with Crippen LogP contribution in [0.5, 0.6) is 11.8 Å². The van der Waals surface area contributed by atoms with Crippen LogP contribution in [0.1, 0.15) is 48.9 Å². The van der Waals surface area contributed by atoms with Crippen molar-refractivity contribution in [2.45, 2.75) is 57.0 Å². The minimum Gasteiger partial charge on any atom is -0.489 e. The first kappa shape index (κ1) is 32.2. The Morgan fingerprint density at radius 3 is 2.75 bits per heavy atom. The summed E-state index contributed by atoms with van der Waals surface area (Å²) in [5.74, 6) is -1.31. The van der Waals surface area contributed by atoms with Gasteiger partial charge in [0.15, 0.2) is 17.4 Å². The van der Waals surface area contributed by atoms with Gasteiger partial charge in [-0.25, -0.2) is 13.8 Å². The third kappa shape index (κ3) is 5.25. The average Bonchev–Trinajstić information content (AvgIpc) is 3.46. The van der Waals surface area contributed by atoms with Gasteiger partial charge in [-0.15, -0.1) is 5.10 Å². The number of hydrogen-bond donors (Lipinski definition) is 2. The molecule has 2 saturated heterocycles. The maximum absolute atomic E-state index is 17.0. The van der Waals surface area contributed by atoms with Crippen molar-refractivity contribution in [3.63, 3.8) is 0 Å². The van der Waals surface area contributed by atoms with E-state index in [9.17, 15) is 17.6 Å². The van der Waals surface area contributed by atoms with Crippen molar-refractivity contribution in [3.05, 3.63) is 45.9 Å². The number of ether oxygens (including phenoxy) is 2. The zero-order valence-corrected chi connectivity index (χ0v) is 26.7. The van der Waals surface area contributed by atoms with Crippen LogP contribution in [0.2, 0.25) is 5.02 Å². The fourth-order valence-electron chi connectivity index (χ4n) is 7.34. The number of aromatic nitrogens is 5. The van der Waals surface area contributed by atoms with Gasteiger partial charge < -0.3 is 25.8 Å². The summed E-state index contributed by atoms with van der Waals surface area (Å²) in [6, 6.07) is 1.95. The molecular weight excluding hydrogens is 661 g/mol. The second-order valence-corrected chi connectivity index (χ2v) is 12.8. The van der Waals surface area contributed by atoms with Gasteiger partial charge in [0, 0.05) is 18.5 Å². The first-order chi connectivity index (χ1) is 22.8. The fraction of sp³-hybridized carbons (Fsp3) is 0.452. The minimum absolute atomic E-state index is 0.0121. The Kier molecular flexibility index (Phi) is 7.85. The number of aryl methyl sites for hydroxylation is 1. The molecule has 11 nitrogen and oxygen atoms in total. The monoisotopic (exact) mass is 691 g/mol. The predicted molar refractivity (Wildman–Crippen MR) is 168 cm³/mol. The second kappa shape index (κ2) is 11.7. The summed E-state index contributed by atoms with van der Waals surface area (Å²) in [5.41, 5.74) is 8.65. The summed E-state index contributed by atoms with van der Waals surface area (Å²) >= 11 is 6.77. The molecule has 4 aromatic rings. The molecule has 4 N–H and O–H groups in total. The number of nitrogens with two attached hydrogens (primary N) is 2. The van der Waals surface area contributed by atoms with Gasteiger partial charge >= 0.3 is 12.2 Å². The maximum Gasteiger partial charge on any atom is 0.418 e. The molecule has 0 bridgehead atoms. The molecule has 7 rings (SSSR count). The van der Waals surface area contributed by atoms with E-state index in [-0.39, 0.29) is 72.9 Å². The highest BCUT2D eigenvalue weighted by molar-refractivity contribution is 6.36. The van der Waals surface area contributed by atoms with Gasteiger partial charge in [0.05, 0.1) is 51.6 Å². The summed E-state index contributed by atoms with van der Waals surface area (Å²) in [6.45, 7) is 4.18. The number of anilines is 3. The minimum atomic E-state index is -4.93. The zero-order chi connectivity index (χ0) is 34.1. The van der Waals surface area contributed by atoms with Crippen LogP contribution < -0.4 is 25.8 Å². The number of nitrogen functional groups attached to an aromatic ring is 2. The van der Waals surface area contributed by atoms with Gasteiger partial charge in [0.2, 0.25) is 0 Å². The predicted octanol–water partition coefficient (Wildman–Crippen LogP) is 5.68. The first-order valence-electron chi connectivity index (χ1n) is 15.3. The van der Waals surface area contributed by atoms with Crippen LogP contribution in [0.4, 0.5) is 39.4 Å². The van der Waals surface area contributed by atoms with Crippen molar-refractivity contribution < 1.29 is 31.4 Å². The molecule has 0 aliphatic carbocycles. The van der Waals surface area contributed by atoms with Crippen molar-refractivity contribution in [2.24, 2.45) is 0 Å². The summed E-state index contributed by atoms with van der Waals surface area (Å²) in [7, 11) is 0. The van der Waals surface area contributed by atoms with E-state index in [1.807, 2.05) is 11.8 Å². The number of benzene rings is 1. The van der Waals surface area contributed by atoms with E-state index in [2.05, 4.69) is 20.2 Å². The van der Waals surface area contributed by atoms with Gasteiger partial charge in [-0.3, -0.25) is 4.90 Å². The number of rotatable bonds is 6. The number of nitrogens with zero attached hydrogens (tertiary/aromatic N) is 7. The van der Waals surface area contributed by atoms with Crippen molar-refractivity contribution in [2.75, 3.05) is 49.2 Å². The van der Waals surface area contributed by atoms with Crippen LogP contribution >= 0.6 is 11.6 Å². The Bertz CT molecular complexity index is 1930. The SMILES string of the molecule is Cc1cc(N)nc(-c2c(Cl)c3c4c(nc(OC[C@@]56CCCN5C[C@H](F)C6)nc4c2F)N([C@@H](C)c2ccnnc2N)CCO3)c1C(F)(F)F. The lowest BCUT2D eigenvalue weighted by atomic mass is 9.95. The molecule has 0 radical (unpaired) electrons. The van der Waals surface area contributed by atoms with Gasteiger partial charge in [-0.2, -0.15) is 28.2 Å². The molecule has 0 amide bonds. The normalized spacial score (nSPS) is 21.7. The molecule has 1 aromatic carbocycles. The number of pyridine rings is 1. The molecule has 0 spiro atoms. The van der Waals surface area contributed by atoms with Crippen LogP contribution in [-0.4, -0.2) is 74.6 Å². The van der Waals surface area contributed by atoms with E-state index in [1.54, 1.807) is 11.0 Å². The van der Waals surface area contributed by atoms with E-state index in [1.165, 1.54) is 13.1 Å². The molecule has 0 saturated carbocycles. The van der Waals surface area contributed by atoms with Gasteiger partial charge in [-0.05, 0) is 50.9 Å². The second-order valence-electron chi connectivity index (χ2n) is 12.4. The van der Waals surface area contributed by atoms with Gasteiger partial charge in [0.1, 0.15) is 36.5 Å². The lowest BCUT2D eigenvalue weighted by Gasteiger charge is -2.32. The molecule has 3 aliphatic rings. The molecule has 6 heterocycles. The number of hydrogen-bond acceptors (Lipinski definition) is 11. The molecule has 48 heavy (non-hydrogen) atoms. The third-order valence-electron chi connectivity index (χ3n) is 9.48. The van der Waals surface area contributed by atoms with Gasteiger partial charge in [-0.1, -0.05) is 11.6 Å². The Morgan fingerprint density at radius 1 is 1.21 bits per heavy atom. The Balaban J connectivity index is 1.46. The van der Waals surface area contributed by atoms with E-state index < -0.39 is 57.1 Å². The molecule has 17 heteroatoms. The third-order valence-corrected chi connectivity index (χ3v) is 9.84. The molecular formula is C31H31ClF5N9O2. The molecule has 3 aromatic heterocycles. The number of halogens is 6. The Hall–Kier alpha value is -4.31. The lowest BCUT2D eigenvalue weighted by molar-refractivity contribution is -0.137. The van der Waals surface area contributed by atoms with E-state index >= 15 is 4.39 Å². The van der Waals surface area contributed by atoms with Crippen LogP contribution in [0.25, 0.3) is 22.2 Å². The summed E-state index contributed by atoms with van der Waals surface area (Å²) < 4.78 is 86.9. The van der Waals surface area contributed by atoms with Crippen LogP contribution in [0.3, 0.4) is 0 Å². The smallest absolute Gasteiger partial charge is 0.418 e. The average molecular weight is 692 g/mol. The maximum atomic E-state index is 17.0. The molecule has 2 fully saturated rings. The van der Waals surface area contributed by atoms with E-state index in [0.717, 1.165) is 12.5 Å². The van der Waals surface area contributed by atoms with Crippen molar-refractivity contribution in [3.8, 4) is 23.0 Å². The van der Waals surface area contributed by atoms with Gasteiger partial charge in [0.25, 0.3) is 0 Å². The standard InChI is InChI=1S/C31H31ClF5N9O2/c1-14-10-18(38)41-24(21(14)31(35,36)37)19-22(32)26-20-25(23(19)34)42-29(48-13-30-5-3-7-45(30)12-16(33)11-30)43-28(20)46(8-9-47-26)15(2)17-4-6-40-44-27(17)39/h4,6,10,15-16H,3,5,7-9,11-13H2,1-2H3,(H2,38,41)(H2,39,44)/t15-,16+,30-/m0/s1. The van der Waals surface area contributed by atoms with Crippen molar-refractivity contribution in [1.29, 1.82) is 0 Å². The fourth-order valence-corrected chi connectivity index (χ4v) is 7.66. The topological polar surface area (TPSA) is 141 Å². The largest absolute Gasteiger partial charge is 0.489 e. The highest BCUT2D eigenvalue weighted by Gasteiger charge is 2.49. The highest BCUT2D eigenvalue weighted by atomic mass is 35.5. The Morgan fingerprint density at radius 2 is 2.00 bits per heavy atom. The quantitative estimate of drug-likeness (QED) is 0.241. The molecule has 0 unspecified atom stereocenters. The van der Waals surface area contributed by atoms with E-state index in [0.29, 0.717) is 18.5 Å². The van der Waals surface area contributed by atoms with Crippen LogP contribution in [0.15, 0.2) is 18.3 Å². The van der Waals surface area contributed by atoms with E-state index in [4.69, 9.17) is 37.5 Å². The van der Waals surface area contributed by atoms with Crippen LogP contribution in [-0.2, 0) is 6.18 Å². The first-order valence-corrected chi connectivity index (χ1v) is 15.7. The molecule has 3 atom stereocenters. The summed E-state index contributed by atoms with van der Waals surface area (Å²) in [5, 5.41) is 7.31. The van der Waals surface area contributed by atoms with Crippen LogP contribution in [0, 0.1) is 12.7 Å². The number of fused-ring (bicyclic) bond motifs is 1. The molecule has 3 aliphatic heterocycles. The summed E-state index contributed by atoms with van der Waals surface area (Å²) in [4.78, 5) is 16.8. The highest BCUT2D eigenvalue weighted by Crippen LogP contribution is 2.51.